The molecule has 0 aliphatic carbocycles. The lowest BCUT2D eigenvalue weighted by molar-refractivity contribution is 0.0662. The van der Waals surface area contributed by atoms with Gasteiger partial charge in [-0.05, 0) is 67.3 Å². The molecule has 5 heterocycles. The summed E-state index contributed by atoms with van der Waals surface area (Å²) in [6.45, 7) is 2.67. The molecule has 3 aromatic heterocycles. The van der Waals surface area contributed by atoms with Gasteiger partial charge < -0.3 is 20.5 Å². The van der Waals surface area contributed by atoms with Crippen molar-refractivity contribution in [1.82, 2.24) is 40.3 Å². The van der Waals surface area contributed by atoms with E-state index in [0.717, 1.165) is 54.5 Å². The van der Waals surface area contributed by atoms with E-state index >= 15 is 4.39 Å². The highest BCUT2D eigenvalue weighted by Gasteiger charge is 2.23. The molecular weight excluding hydrogens is 508 g/mol. The number of benzene rings is 1. The molecule has 0 spiro atoms. The monoisotopic (exact) mass is 537 g/mol. The molecule has 0 radical (unpaired) electrons. The van der Waals surface area contributed by atoms with Crippen molar-refractivity contribution in [2.24, 2.45) is 0 Å². The first-order valence-corrected chi connectivity index (χ1v) is 13.1. The van der Waals surface area contributed by atoms with Gasteiger partial charge in [-0.3, -0.25) is 4.68 Å². The summed E-state index contributed by atoms with van der Waals surface area (Å²) >= 11 is 0. The number of anilines is 1. The number of hydrogen-bond donors (Lipinski definition) is 2. The Hall–Kier alpha value is -3.97. The molecule has 6 rings (SSSR count). The number of aromatic nitrogens is 7. The van der Waals surface area contributed by atoms with Crippen LogP contribution in [0.1, 0.15) is 38.1 Å². The Morgan fingerprint density at radius 3 is 2.79 bits per heavy atom. The molecule has 3 N–H and O–H groups in total. The second-order valence-electron chi connectivity index (χ2n) is 9.76. The maximum atomic E-state index is 15.2. The molecule has 2 saturated heterocycles. The predicted molar refractivity (Wildman–Crippen MR) is 138 cm³/mol. The highest BCUT2D eigenvalue weighted by atomic mass is 19.2. The Morgan fingerprint density at radius 1 is 1.10 bits per heavy atom. The van der Waals surface area contributed by atoms with Crippen molar-refractivity contribution in [3.05, 3.63) is 48.4 Å². The van der Waals surface area contributed by atoms with Crippen LogP contribution in [0.3, 0.4) is 0 Å². The minimum absolute atomic E-state index is 0.123. The number of pyridine rings is 1. The standard InChI is InChI=1S/C26H29F2N9O2/c27-23-21(3-4-22(24(23)28)39-11-5-18-2-1-8-30-18)37-26(33-34-35-37)20-12-16(13-31-25(20)29)17-14-32-36(15-17)19-6-9-38-10-7-19/h3-4,12-15,18-19,30H,1-2,5-11H2,(H2,29,31). The molecule has 39 heavy (non-hydrogen) atoms. The zero-order valence-corrected chi connectivity index (χ0v) is 21.3. The van der Waals surface area contributed by atoms with Crippen molar-refractivity contribution in [3.8, 4) is 34.0 Å². The van der Waals surface area contributed by atoms with Crippen LogP contribution >= 0.6 is 0 Å². The van der Waals surface area contributed by atoms with Gasteiger partial charge in [0.2, 0.25) is 5.82 Å². The van der Waals surface area contributed by atoms with Crippen LogP contribution < -0.4 is 15.8 Å². The molecule has 1 atom stereocenters. The van der Waals surface area contributed by atoms with Crippen molar-refractivity contribution >= 4 is 5.82 Å². The molecule has 2 fully saturated rings. The fourth-order valence-electron chi connectivity index (χ4n) is 5.08. The van der Waals surface area contributed by atoms with Crippen molar-refractivity contribution in [2.75, 3.05) is 32.1 Å². The van der Waals surface area contributed by atoms with Gasteiger partial charge in [0.15, 0.2) is 17.4 Å². The van der Waals surface area contributed by atoms with E-state index in [1.165, 1.54) is 12.1 Å². The van der Waals surface area contributed by atoms with Crippen LogP contribution in [0, 0.1) is 11.6 Å². The molecule has 0 amide bonds. The number of nitrogens with one attached hydrogen (secondary N) is 1. The third-order valence-corrected chi connectivity index (χ3v) is 7.27. The maximum Gasteiger partial charge on any atom is 0.202 e. The van der Waals surface area contributed by atoms with Crippen molar-refractivity contribution in [1.29, 1.82) is 0 Å². The van der Waals surface area contributed by atoms with E-state index in [-0.39, 0.29) is 35.7 Å². The number of nitrogens with zero attached hydrogens (tertiary/aromatic N) is 7. The van der Waals surface area contributed by atoms with Crippen LogP contribution in [-0.4, -0.2) is 67.4 Å². The Balaban J connectivity index is 1.25. The number of halogens is 2. The second kappa shape index (κ2) is 11.0. The number of nitrogen functional groups attached to an aromatic ring is 1. The smallest absolute Gasteiger partial charge is 0.202 e. The first kappa shape index (κ1) is 25.3. The van der Waals surface area contributed by atoms with Crippen LogP contribution in [0.25, 0.3) is 28.2 Å². The third-order valence-electron chi connectivity index (χ3n) is 7.27. The van der Waals surface area contributed by atoms with E-state index in [0.29, 0.717) is 24.8 Å². The fraction of sp³-hybridized carbons (Fsp3) is 0.423. The molecule has 0 saturated carbocycles. The van der Waals surface area contributed by atoms with Crippen LogP contribution in [0.15, 0.2) is 36.8 Å². The van der Waals surface area contributed by atoms with Gasteiger partial charge in [-0.1, -0.05) is 0 Å². The SMILES string of the molecule is Nc1ncc(-c2cnn(C3CCOCC3)c2)cc1-c1nnnn1-c1ccc(OCCC2CCCN2)c(F)c1F. The minimum Gasteiger partial charge on any atom is -0.490 e. The Morgan fingerprint density at radius 2 is 1.97 bits per heavy atom. The summed E-state index contributed by atoms with van der Waals surface area (Å²) in [6, 6.07) is 5.13. The third kappa shape index (κ3) is 5.19. The Kier molecular flexibility index (Phi) is 7.16. The van der Waals surface area contributed by atoms with Gasteiger partial charge in [-0.25, -0.2) is 9.37 Å². The molecule has 1 unspecified atom stereocenters. The van der Waals surface area contributed by atoms with E-state index in [9.17, 15) is 4.39 Å². The fourth-order valence-corrected chi connectivity index (χ4v) is 5.08. The predicted octanol–water partition coefficient (Wildman–Crippen LogP) is 3.32. The zero-order valence-electron chi connectivity index (χ0n) is 21.3. The quantitative estimate of drug-likeness (QED) is 0.348. The van der Waals surface area contributed by atoms with Crippen molar-refractivity contribution in [2.45, 2.75) is 44.2 Å². The topological polar surface area (TPSA) is 131 Å². The van der Waals surface area contributed by atoms with Crippen LogP contribution in [-0.2, 0) is 4.74 Å². The molecule has 4 aromatic rings. The summed E-state index contributed by atoms with van der Waals surface area (Å²) in [5.74, 6) is -2.12. The minimum atomic E-state index is -1.12. The van der Waals surface area contributed by atoms with E-state index in [1.807, 2.05) is 10.9 Å². The van der Waals surface area contributed by atoms with Crippen LogP contribution in [0.2, 0.25) is 0 Å². The van der Waals surface area contributed by atoms with Gasteiger partial charge in [0, 0.05) is 42.8 Å². The van der Waals surface area contributed by atoms with E-state index in [1.54, 1.807) is 18.5 Å². The molecule has 11 nitrogen and oxygen atoms in total. The first-order chi connectivity index (χ1) is 19.1. The summed E-state index contributed by atoms with van der Waals surface area (Å²) in [7, 11) is 0. The van der Waals surface area contributed by atoms with Gasteiger partial charge in [0.25, 0.3) is 0 Å². The van der Waals surface area contributed by atoms with Crippen molar-refractivity contribution in [3.63, 3.8) is 0 Å². The number of ether oxygens (including phenoxy) is 2. The summed E-state index contributed by atoms with van der Waals surface area (Å²) in [5.41, 5.74) is 7.95. The molecule has 13 heteroatoms. The number of nitrogens with two attached hydrogens (primary N) is 1. The van der Waals surface area contributed by atoms with Gasteiger partial charge in [0.05, 0.1) is 24.4 Å². The average Bonchev–Trinajstić information content (AvgIpc) is 3.75. The zero-order chi connectivity index (χ0) is 26.8. The number of tetrazole rings is 1. The van der Waals surface area contributed by atoms with Gasteiger partial charge >= 0.3 is 0 Å². The Labute approximate surface area is 223 Å². The molecular formula is C26H29F2N9O2. The summed E-state index contributed by atoms with van der Waals surface area (Å²) < 4.78 is 44.2. The highest BCUT2D eigenvalue weighted by Crippen LogP contribution is 2.32. The van der Waals surface area contributed by atoms with Gasteiger partial charge in [0.1, 0.15) is 11.5 Å². The normalized spacial score (nSPS) is 18.1. The van der Waals surface area contributed by atoms with E-state index < -0.39 is 11.6 Å². The van der Waals surface area contributed by atoms with Gasteiger partial charge in [-0.15, -0.1) is 5.10 Å². The molecule has 1 aromatic carbocycles. The van der Waals surface area contributed by atoms with Crippen molar-refractivity contribution < 1.29 is 18.3 Å². The highest BCUT2D eigenvalue weighted by molar-refractivity contribution is 5.76. The van der Waals surface area contributed by atoms with Gasteiger partial charge in [-0.2, -0.15) is 14.2 Å². The summed E-state index contributed by atoms with van der Waals surface area (Å²) in [5, 5.41) is 19.5. The molecule has 0 bridgehead atoms. The van der Waals surface area contributed by atoms with Crippen LogP contribution in [0.4, 0.5) is 14.6 Å². The lowest BCUT2D eigenvalue weighted by Gasteiger charge is -2.22. The lowest BCUT2D eigenvalue weighted by Crippen LogP contribution is -2.23. The number of hydrogen-bond acceptors (Lipinski definition) is 9. The molecule has 2 aliphatic rings. The summed E-state index contributed by atoms with van der Waals surface area (Å²) in [4.78, 5) is 4.31. The lowest BCUT2D eigenvalue weighted by atomic mass is 10.1. The number of rotatable bonds is 8. The van der Waals surface area contributed by atoms with E-state index in [4.69, 9.17) is 15.2 Å². The largest absolute Gasteiger partial charge is 0.490 e. The first-order valence-electron chi connectivity index (χ1n) is 13.1. The van der Waals surface area contributed by atoms with E-state index in [2.05, 4.69) is 30.9 Å². The molecule has 2 aliphatic heterocycles. The second-order valence-corrected chi connectivity index (χ2v) is 9.76. The average molecular weight is 538 g/mol. The molecule has 204 valence electrons. The summed E-state index contributed by atoms with van der Waals surface area (Å²) in [6.07, 6.45) is 10.0. The van der Waals surface area contributed by atoms with Crippen LogP contribution in [0.5, 0.6) is 5.75 Å². The Bertz CT molecular complexity index is 1450. The maximum absolute atomic E-state index is 15.2.